The van der Waals surface area contributed by atoms with E-state index in [0.717, 1.165) is 5.56 Å². The van der Waals surface area contributed by atoms with Gasteiger partial charge in [0.1, 0.15) is 0 Å². The quantitative estimate of drug-likeness (QED) is 0.686. The van der Waals surface area contributed by atoms with Crippen molar-refractivity contribution in [2.45, 2.75) is 52.5 Å². The summed E-state index contributed by atoms with van der Waals surface area (Å²) in [7, 11) is 0. The molecule has 1 aromatic heterocycles. The van der Waals surface area contributed by atoms with Crippen molar-refractivity contribution < 1.29 is 0 Å². The van der Waals surface area contributed by atoms with Crippen LogP contribution < -0.4 is 0 Å². The first-order chi connectivity index (χ1) is 6.68. The standard InChI is InChI=1S/C13H22N2/c1-8-10-9-14-15(13(5,6)7)11(10)12(2,3)4/h8-9H,1H2,2-7H3. The average Bonchev–Trinajstić information content (AvgIpc) is 2.44. The van der Waals surface area contributed by atoms with Crippen molar-refractivity contribution in [3.63, 3.8) is 0 Å². The van der Waals surface area contributed by atoms with E-state index in [9.17, 15) is 0 Å². The second kappa shape index (κ2) is 3.51. The van der Waals surface area contributed by atoms with Crippen molar-refractivity contribution in [2.24, 2.45) is 0 Å². The van der Waals surface area contributed by atoms with Crippen molar-refractivity contribution in [3.05, 3.63) is 24.0 Å². The Kier molecular flexibility index (Phi) is 2.81. The van der Waals surface area contributed by atoms with Gasteiger partial charge < -0.3 is 0 Å². The van der Waals surface area contributed by atoms with Crippen LogP contribution in [0.15, 0.2) is 12.8 Å². The van der Waals surface area contributed by atoms with Gasteiger partial charge in [0, 0.05) is 11.0 Å². The second-order valence-electron chi connectivity index (χ2n) is 5.99. The van der Waals surface area contributed by atoms with Crippen LogP contribution in [-0.2, 0) is 11.0 Å². The lowest BCUT2D eigenvalue weighted by atomic mass is 9.88. The molecular formula is C13H22N2. The molecule has 0 radical (unpaired) electrons. The molecule has 2 nitrogen and oxygen atoms in total. The van der Waals surface area contributed by atoms with Crippen LogP contribution in [0, 0.1) is 0 Å². The molecule has 1 aromatic rings. The van der Waals surface area contributed by atoms with Gasteiger partial charge in [0.15, 0.2) is 0 Å². The number of nitrogens with zero attached hydrogens (tertiary/aromatic N) is 2. The first-order valence-electron chi connectivity index (χ1n) is 5.39. The molecule has 0 aromatic carbocycles. The highest BCUT2D eigenvalue weighted by molar-refractivity contribution is 5.51. The normalized spacial score (nSPS) is 12.9. The van der Waals surface area contributed by atoms with Crippen molar-refractivity contribution in [2.75, 3.05) is 0 Å². The molecule has 0 fully saturated rings. The third-order valence-electron chi connectivity index (χ3n) is 2.36. The van der Waals surface area contributed by atoms with Crippen LogP contribution in [0.4, 0.5) is 0 Å². The maximum absolute atomic E-state index is 4.47. The van der Waals surface area contributed by atoms with Gasteiger partial charge in [0.25, 0.3) is 0 Å². The minimum absolute atomic E-state index is 0.0177. The number of rotatable bonds is 1. The van der Waals surface area contributed by atoms with Crippen LogP contribution in [0.3, 0.4) is 0 Å². The van der Waals surface area contributed by atoms with Crippen LogP contribution in [0.25, 0.3) is 6.08 Å². The van der Waals surface area contributed by atoms with Crippen LogP contribution >= 0.6 is 0 Å². The Morgan fingerprint density at radius 2 is 1.73 bits per heavy atom. The molecule has 0 aliphatic heterocycles. The fourth-order valence-corrected chi connectivity index (χ4v) is 1.77. The monoisotopic (exact) mass is 206 g/mol. The topological polar surface area (TPSA) is 17.8 Å². The van der Waals surface area contributed by atoms with Crippen LogP contribution in [0.5, 0.6) is 0 Å². The smallest absolute Gasteiger partial charge is 0.0565 e. The van der Waals surface area contributed by atoms with E-state index in [-0.39, 0.29) is 11.0 Å². The molecule has 0 N–H and O–H groups in total. The zero-order chi connectivity index (χ0) is 11.9. The molecule has 0 aliphatic rings. The van der Waals surface area contributed by atoms with E-state index in [4.69, 9.17) is 0 Å². The molecule has 15 heavy (non-hydrogen) atoms. The van der Waals surface area contributed by atoms with Gasteiger partial charge in [-0.15, -0.1) is 0 Å². The zero-order valence-corrected chi connectivity index (χ0v) is 10.8. The lowest BCUT2D eigenvalue weighted by Crippen LogP contribution is -2.30. The summed E-state index contributed by atoms with van der Waals surface area (Å²) in [5, 5.41) is 4.47. The second-order valence-corrected chi connectivity index (χ2v) is 5.99. The molecule has 0 aliphatic carbocycles. The first kappa shape index (κ1) is 12.0. The average molecular weight is 206 g/mol. The van der Waals surface area contributed by atoms with E-state index < -0.39 is 0 Å². The van der Waals surface area contributed by atoms with E-state index in [1.54, 1.807) is 0 Å². The third-order valence-corrected chi connectivity index (χ3v) is 2.36. The van der Waals surface area contributed by atoms with Crippen LogP contribution in [-0.4, -0.2) is 9.78 Å². The van der Waals surface area contributed by atoms with E-state index in [2.05, 4.69) is 57.9 Å². The van der Waals surface area contributed by atoms with Crippen molar-refractivity contribution in [1.82, 2.24) is 9.78 Å². The molecule has 0 saturated heterocycles. The fraction of sp³-hybridized carbons (Fsp3) is 0.615. The summed E-state index contributed by atoms with van der Waals surface area (Å²) < 4.78 is 2.10. The number of hydrogen-bond donors (Lipinski definition) is 0. The molecule has 0 atom stereocenters. The van der Waals surface area contributed by atoms with Gasteiger partial charge in [0.2, 0.25) is 0 Å². The summed E-state index contributed by atoms with van der Waals surface area (Å²) in [6, 6.07) is 0. The lowest BCUT2D eigenvalue weighted by Gasteiger charge is -2.29. The molecule has 0 saturated carbocycles. The van der Waals surface area contributed by atoms with Gasteiger partial charge in [-0.2, -0.15) is 5.10 Å². The third kappa shape index (κ3) is 2.31. The van der Waals surface area contributed by atoms with Crippen molar-refractivity contribution >= 4 is 6.08 Å². The highest BCUT2D eigenvalue weighted by Crippen LogP contribution is 2.30. The van der Waals surface area contributed by atoms with Crippen LogP contribution in [0.2, 0.25) is 0 Å². The predicted octanol–water partition coefficient (Wildman–Crippen LogP) is 3.58. The molecule has 0 spiro atoms. The Bertz CT molecular complexity index is 359. The van der Waals surface area contributed by atoms with Gasteiger partial charge in [-0.3, -0.25) is 4.68 Å². The first-order valence-corrected chi connectivity index (χ1v) is 5.39. The minimum Gasteiger partial charge on any atom is -0.263 e. The summed E-state index contributed by atoms with van der Waals surface area (Å²) >= 11 is 0. The maximum atomic E-state index is 4.47. The van der Waals surface area contributed by atoms with E-state index >= 15 is 0 Å². The van der Waals surface area contributed by atoms with E-state index in [1.165, 1.54) is 5.69 Å². The van der Waals surface area contributed by atoms with Gasteiger partial charge in [-0.1, -0.05) is 33.4 Å². The fourth-order valence-electron chi connectivity index (χ4n) is 1.77. The maximum Gasteiger partial charge on any atom is 0.0565 e. The Hall–Kier alpha value is -1.05. The molecule has 0 unspecified atom stereocenters. The van der Waals surface area contributed by atoms with Crippen molar-refractivity contribution in [1.29, 1.82) is 0 Å². The van der Waals surface area contributed by atoms with Gasteiger partial charge >= 0.3 is 0 Å². The molecule has 1 heterocycles. The molecule has 84 valence electrons. The molecular weight excluding hydrogens is 184 g/mol. The number of aromatic nitrogens is 2. The lowest BCUT2D eigenvalue weighted by molar-refractivity contribution is 0.322. The predicted molar refractivity (Wildman–Crippen MR) is 66.0 cm³/mol. The van der Waals surface area contributed by atoms with Gasteiger partial charge in [-0.25, -0.2) is 0 Å². The highest BCUT2D eigenvalue weighted by Gasteiger charge is 2.27. The summed E-state index contributed by atoms with van der Waals surface area (Å²) in [5.41, 5.74) is 2.50. The Labute approximate surface area is 93.0 Å². The van der Waals surface area contributed by atoms with Crippen molar-refractivity contribution in [3.8, 4) is 0 Å². The van der Waals surface area contributed by atoms with E-state index in [0.29, 0.717) is 0 Å². The SMILES string of the molecule is C=Cc1cnn(C(C)(C)C)c1C(C)(C)C. The molecule has 1 rings (SSSR count). The zero-order valence-electron chi connectivity index (χ0n) is 10.8. The molecule has 0 amide bonds. The summed E-state index contributed by atoms with van der Waals surface area (Å²) in [6.07, 6.45) is 3.79. The minimum atomic E-state index is 0.0177. The molecule has 2 heteroatoms. The van der Waals surface area contributed by atoms with Gasteiger partial charge in [0.05, 0.1) is 17.4 Å². The Morgan fingerprint density at radius 1 is 1.20 bits per heavy atom. The Morgan fingerprint density at radius 3 is 2.07 bits per heavy atom. The van der Waals surface area contributed by atoms with Crippen LogP contribution in [0.1, 0.15) is 52.8 Å². The Balaban J connectivity index is 3.44. The largest absolute Gasteiger partial charge is 0.263 e. The molecule has 0 bridgehead atoms. The van der Waals surface area contributed by atoms with E-state index in [1.807, 2.05) is 12.3 Å². The number of hydrogen-bond acceptors (Lipinski definition) is 1. The summed E-state index contributed by atoms with van der Waals surface area (Å²) in [4.78, 5) is 0. The summed E-state index contributed by atoms with van der Waals surface area (Å²) in [6.45, 7) is 17.0. The highest BCUT2D eigenvalue weighted by atomic mass is 15.3. The summed E-state index contributed by atoms with van der Waals surface area (Å²) in [5.74, 6) is 0. The van der Waals surface area contributed by atoms with Gasteiger partial charge in [-0.05, 0) is 20.8 Å².